The van der Waals surface area contributed by atoms with Gasteiger partial charge in [0.15, 0.2) is 5.65 Å². The average molecular weight is 388 g/mol. The van der Waals surface area contributed by atoms with Gasteiger partial charge in [0.05, 0.1) is 23.5 Å². The second-order valence-electron chi connectivity index (χ2n) is 6.86. The van der Waals surface area contributed by atoms with Crippen molar-refractivity contribution in [3.05, 3.63) is 53.3 Å². The first kappa shape index (κ1) is 19.7. The molecule has 148 valence electrons. The Morgan fingerprint density at radius 3 is 2.46 bits per heavy atom. The molecule has 0 spiro atoms. The molecule has 0 aliphatic rings. The first-order chi connectivity index (χ1) is 13.3. The monoisotopic (exact) mass is 388 g/mol. The lowest BCUT2D eigenvalue weighted by atomic mass is 10.1. The quantitative estimate of drug-likeness (QED) is 0.679. The molecule has 6 nitrogen and oxygen atoms in total. The van der Waals surface area contributed by atoms with Crippen molar-refractivity contribution in [2.24, 2.45) is 0 Å². The lowest BCUT2D eigenvalue weighted by molar-refractivity contribution is -0.0498. The molecule has 2 aromatic heterocycles. The number of nitrogens with zero attached hydrogens (tertiary/aromatic N) is 3. The van der Waals surface area contributed by atoms with Crippen LogP contribution in [0.1, 0.15) is 54.5 Å². The fraction of sp³-hybridized carbons (Fsp3) is 0.350. The molecular weight excluding hydrogens is 366 g/mol. The van der Waals surface area contributed by atoms with Gasteiger partial charge in [-0.05, 0) is 51.5 Å². The van der Waals surface area contributed by atoms with Crippen LogP contribution in [0.4, 0.5) is 8.78 Å². The first-order valence-corrected chi connectivity index (χ1v) is 8.96. The van der Waals surface area contributed by atoms with Crippen molar-refractivity contribution in [1.82, 2.24) is 20.1 Å². The van der Waals surface area contributed by atoms with Gasteiger partial charge in [-0.25, -0.2) is 9.67 Å². The molecule has 2 heterocycles. The maximum absolute atomic E-state index is 12.7. The number of fused-ring (bicyclic) bond motifs is 1. The minimum absolute atomic E-state index is 0.0740. The molecule has 8 heteroatoms. The average Bonchev–Trinajstić information content (AvgIpc) is 3.03. The zero-order valence-corrected chi connectivity index (χ0v) is 16.1. The number of alkyl halides is 2. The van der Waals surface area contributed by atoms with Gasteiger partial charge in [-0.1, -0.05) is 12.1 Å². The number of nitrogens with one attached hydrogen (secondary N) is 1. The minimum Gasteiger partial charge on any atom is -0.435 e. The summed E-state index contributed by atoms with van der Waals surface area (Å²) < 4.78 is 30.6. The van der Waals surface area contributed by atoms with E-state index in [9.17, 15) is 13.6 Å². The fourth-order valence-corrected chi connectivity index (χ4v) is 2.97. The van der Waals surface area contributed by atoms with Crippen LogP contribution in [0.15, 0.2) is 36.5 Å². The summed E-state index contributed by atoms with van der Waals surface area (Å²) >= 11 is 0. The van der Waals surface area contributed by atoms with Crippen LogP contribution in [0.2, 0.25) is 0 Å². The number of ether oxygens (including phenoxy) is 1. The van der Waals surface area contributed by atoms with E-state index in [2.05, 4.69) is 20.1 Å². The Balaban J connectivity index is 1.77. The van der Waals surface area contributed by atoms with Crippen molar-refractivity contribution in [2.45, 2.75) is 46.4 Å². The van der Waals surface area contributed by atoms with Gasteiger partial charge in [-0.2, -0.15) is 13.9 Å². The Morgan fingerprint density at radius 2 is 1.86 bits per heavy atom. The first-order valence-electron chi connectivity index (χ1n) is 8.96. The Hall–Kier alpha value is -3.03. The van der Waals surface area contributed by atoms with Crippen molar-refractivity contribution in [1.29, 1.82) is 0 Å². The number of hydrogen-bond donors (Lipinski definition) is 1. The third kappa shape index (κ3) is 4.11. The van der Waals surface area contributed by atoms with Crippen LogP contribution in [0.3, 0.4) is 0 Å². The molecule has 1 aromatic carbocycles. The molecular formula is C20H22F2N4O2. The highest BCUT2D eigenvalue weighted by atomic mass is 19.3. The van der Waals surface area contributed by atoms with Gasteiger partial charge < -0.3 is 10.1 Å². The number of rotatable bonds is 6. The van der Waals surface area contributed by atoms with E-state index < -0.39 is 6.61 Å². The molecule has 1 unspecified atom stereocenters. The molecule has 3 aromatic rings. The van der Waals surface area contributed by atoms with Gasteiger partial charge in [0.25, 0.3) is 5.91 Å². The summed E-state index contributed by atoms with van der Waals surface area (Å²) in [6, 6.07) is 7.81. The lowest BCUT2D eigenvalue weighted by Gasteiger charge is -2.16. The lowest BCUT2D eigenvalue weighted by Crippen LogP contribution is -2.27. The Labute approximate surface area is 161 Å². The van der Waals surface area contributed by atoms with E-state index in [-0.39, 0.29) is 23.7 Å². The number of halogens is 2. The summed E-state index contributed by atoms with van der Waals surface area (Å²) in [7, 11) is 0. The van der Waals surface area contributed by atoms with E-state index in [1.807, 2.05) is 25.5 Å². The maximum Gasteiger partial charge on any atom is 0.387 e. The summed E-state index contributed by atoms with van der Waals surface area (Å²) in [6.45, 7) is 4.77. The summed E-state index contributed by atoms with van der Waals surface area (Å²) in [5.74, 6) is -0.186. The highest BCUT2D eigenvalue weighted by molar-refractivity contribution is 5.98. The van der Waals surface area contributed by atoms with Crippen molar-refractivity contribution >= 4 is 16.9 Å². The van der Waals surface area contributed by atoms with E-state index in [1.54, 1.807) is 31.3 Å². The highest BCUT2D eigenvalue weighted by Crippen LogP contribution is 2.22. The van der Waals surface area contributed by atoms with E-state index in [0.717, 1.165) is 16.6 Å². The van der Waals surface area contributed by atoms with Crippen LogP contribution in [-0.4, -0.2) is 27.3 Å². The van der Waals surface area contributed by atoms with Gasteiger partial charge in [0.2, 0.25) is 0 Å². The van der Waals surface area contributed by atoms with E-state index in [0.29, 0.717) is 11.3 Å². The van der Waals surface area contributed by atoms with Crippen molar-refractivity contribution in [2.75, 3.05) is 0 Å². The van der Waals surface area contributed by atoms with E-state index in [4.69, 9.17) is 0 Å². The predicted octanol–water partition coefficient (Wildman–Crippen LogP) is 4.41. The Bertz CT molecular complexity index is 984. The fourth-order valence-electron chi connectivity index (χ4n) is 2.97. The van der Waals surface area contributed by atoms with Gasteiger partial charge in [-0.15, -0.1) is 0 Å². The normalized spacial score (nSPS) is 12.6. The van der Waals surface area contributed by atoms with Crippen LogP contribution in [0.5, 0.6) is 5.75 Å². The second-order valence-corrected chi connectivity index (χ2v) is 6.86. The Kier molecular flexibility index (Phi) is 5.58. The van der Waals surface area contributed by atoms with Gasteiger partial charge in [-0.3, -0.25) is 4.79 Å². The minimum atomic E-state index is -2.87. The molecule has 0 bridgehead atoms. The maximum atomic E-state index is 12.7. The molecule has 28 heavy (non-hydrogen) atoms. The number of benzene rings is 1. The number of aromatic nitrogens is 3. The molecule has 0 fully saturated rings. The topological polar surface area (TPSA) is 69.0 Å². The SMILES string of the molecule is Cc1nc2c(cnn2C(C)C)cc1C(=O)NC(C)c1ccc(OC(F)F)cc1. The third-order valence-corrected chi connectivity index (χ3v) is 4.45. The number of carbonyl (C=O) groups is 1. The standard InChI is InChI=1S/C20H22F2N4O2/c1-11(2)26-18-15(10-23-26)9-17(13(4)24-18)19(27)25-12(3)14-5-7-16(8-6-14)28-20(21)22/h5-12,20H,1-4H3,(H,25,27). The van der Waals surface area contributed by atoms with Crippen LogP contribution in [-0.2, 0) is 0 Å². The van der Waals surface area contributed by atoms with Gasteiger partial charge >= 0.3 is 6.61 Å². The number of carbonyl (C=O) groups excluding carboxylic acids is 1. The molecule has 1 amide bonds. The van der Waals surface area contributed by atoms with Crippen molar-refractivity contribution < 1.29 is 18.3 Å². The number of aryl methyl sites for hydroxylation is 1. The molecule has 1 N–H and O–H groups in total. The van der Waals surface area contributed by atoms with Crippen molar-refractivity contribution in [3.63, 3.8) is 0 Å². The van der Waals surface area contributed by atoms with E-state index in [1.165, 1.54) is 12.1 Å². The predicted molar refractivity (Wildman–Crippen MR) is 102 cm³/mol. The zero-order chi connectivity index (χ0) is 20.4. The van der Waals surface area contributed by atoms with Crippen molar-refractivity contribution in [3.8, 4) is 5.75 Å². The number of hydrogen-bond acceptors (Lipinski definition) is 4. The second kappa shape index (κ2) is 7.92. The smallest absolute Gasteiger partial charge is 0.387 e. The molecule has 0 saturated carbocycles. The molecule has 0 saturated heterocycles. The molecule has 1 atom stereocenters. The molecule has 0 radical (unpaired) electrons. The largest absolute Gasteiger partial charge is 0.435 e. The molecule has 3 rings (SSSR count). The molecule has 0 aliphatic heterocycles. The number of amides is 1. The Morgan fingerprint density at radius 1 is 1.18 bits per heavy atom. The van der Waals surface area contributed by atoms with E-state index >= 15 is 0 Å². The summed E-state index contributed by atoms with van der Waals surface area (Å²) in [6.07, 6.45) is 1.70. The summed E-state index contributed by atoms with van der Waals surface area (Å²) in [4.78, 5) is 17.3. The van der Waals surface area contributed by atoms with Crippen LogP contribution >= 0.6 is 0 Å². The van der Waals surface area contributed by atoms with Crippen LogP contribution < -0.4 is 10.1 Å². The van der Waals surface area contributed by atoms with Crippen LogP contribution in [0, 0.1) is 6.92 Å². The highest BCUT2D eigenvalue weighted by Gasteiger charge is 2.17. The third-order valence-electron chi connectivity index (χ3n) is 4.45. The summed E-state index contributed by atoms with van der Waals surface area (Å²) in [5.41, 5.74) is 2.60. The van der Waals surface area contributed by atoms with Crippen LogP contribution in [0.25, 0.3) is 11.0 Å². The zero-order valence-electron chi connectivity index (χ0n) is 16.1. The molecule has 0 aliphatic carbocycles. The van der Waals surface area contributed by atoms with Gasteiger partial charge in [0, 0.05) is 11.4 Å². The summed E-state index contributed by atoms with van der Waals surface area (Å²) in [5, 5.41) is 8.04. The van der Waals surface area contributed by atoms with Gasteiger partial charge in [0.1, 0.15) is 5.75 Å². The number of pyridine rings is 1.